The van der Waals surface area contributed by atoms with Gasteiger partial charge in [0, 0.05) is 18.2 Å². The van der Waals surface area contributed by atoms with Crippen molar-refractivity contribution in [2.24, 2.45) is 0 Å². The van der Waals surface area contributed by atoms with Crippen LogP contribution >= 0.6 is 0 Å². The molecule has 0 saturated carbocycles. The summed E-state index contributed by atoms with van der Waals surface area (Å²) in [5.74, 6) is 0.962. The lowest BCUT2D eigenvalue weighted by Crippen LogP contribution is -2.30. The summed E-state index contributed by atoms with van der Waals surface area (Å²) in [6.45, 7) is 0.525. The van der Waals surface area contributed by atoms with E-state index in [-0.39, 0.29) is 12.6 Å². The molecule has 6 nitrogen and oxygen atoms in total. The Labute approximate surface area is 145 Å². The molecule has 0 fully saturated rings. The summed E-state index contributed by atoms with van der Waals surface area (Å²) in [7, 11) is 0. The van der Waals surface area contributed by atoms with Crippen LogP contribution in [0.4, 0.5) is 10.6 Å². The average Bonchev–Trinajstić information content (AvgIpc) is 3.11. The molecule has 0 unspecified atom stereocenters. The fraction of sp³-hybridized carbons (Fsp3) is 0.158. The first-order valence-electron chi connectivity index (χ1n) is 8.00. The summed E-state index contributed by atoms with van der Waals surface area (Å²) in [5, 5.41) is 18.3. The van der Waals surface area contributed by atoms with Crippen molar-refractivity contribution < 1.29 is 14.4 Å². The summed E-state index contributed by atoms with van der Waals surface area (Å²) in [6.07, 6.45) is 0.702. The fourth-order valence-electron chi connectivity index (χ4n) is 2.36. The van der Waals surface area contributed by atoms with E-state index in [1.807, 2.05) is 54.6 Å². The predicted molar refractivity (Wildman–Crippen MR) is 95.0 cm³/mol. The molecule has 0 aliphatic rings. The maximum Gasteiger partial charge on any atom is 0.320 e. The number of carbonyl (C=O) groups excluding carboxylic acids is 1. The Bertz CT molecular complexity index is 813. The quantitative estimate of drug-likeness (QED) is 0.644. The minimum Gasteiger partial charge on any atom is -0.392 e. The van der Waals surface area contributed by atoms with Crippen LogP contribution in [0, 0.1) is 0 Å². The van der Waals surface area contributed by atoms with Crippen molar-refractivity contribution >= 4 is 11.8 Å². The van der Waals surface area contributed by atoms with E-state index in [4.69, 9.17) is 9.63 Å². The number of aliphatic hydroxyl groups is 1. The molecule has 2 amide bonds. The second-order valence-corrected chi connectivity index (χ2v) is 5.55. The lowest BCUT2D eigenvalue weighted by atomic mass is 10.1. The highest BCUT2D eigenvalue weighted by Gasteiger charge is 2.09. The number of amides is 2. The van der Waals surface area contributed by atoms with E-state index >= 15 is 0 Å². The van der Waals surface area contributed by atoms with Crippen LogP contribution in [0.2, 0.25) is 0 Å². The summed E-state index contributed by atoms with van der Waals surface area (Å²) < 4.78 is 5.23. The number of aromatic nitrogens is 1. The Balaban J connectivity index is 1.47. The maximum absolute atomic E-state index is 11.9. The van der Waals surface area contributed by atoms with Gasteiger partial charge >= 0.3 is 6.03 Å². The van der Waals surface area contributed by atoms with Gasteiger partial charge in [-0.05, 0) is 17.5 Å². The van der Waals surface area contributed by atoms with E-state index in [1.54, 1.807) is 6.07 Å². The van der Waals surface area contributed by atoms with Crippen LogP contribution in [0.5, 0.6) is 0 Å². The third-order valence-electron chi connectivity index (χ3n) is 3.71. The molecule has 0 aliphatic heterocycles. The Morgan fingerprint density at radius 1 is 1.04 bits per heavy atom. The molecule has 0 bridgehead atoms. The van der Waals surface area contributed by atoms with Gasteiger partial charge in [0.25, 0.3) is 0 Å². The van der Waals surface area contributed by atoms with E-state index in [9.17, 15) is 4.79 Å². The SMILES string of the molecule is O=C(NCCc1ccc(CO)cc1)Nc1cc(-c2ccccc2)on1. The number of carbonyl (C=O) groups is 1. The normalized spacial score (nSPS) is 10.4. The molecule has 0 spiro atoms. The molecule has 3 rings (SSSR count). The van der Waals surface area contributed by atoms with Gasteiger partial charge in [-0.2, -0.15) is 0 Å². The number of aliphatic hydroxyl groups excluding tert-OH is 1. The molecular weight excluding hydrogens is 318 g/mol. The zero-order valence-electron chi connectivity index (χ0n) is 13.6. The second kappa shape index (κ2) is 8.12. The lowest BCUT2D eigenvalue weighted by molar-refractivity contribution is 0.252. The van der Waals surface area contributed by atoms with Crippen LogP contribution in [0.25, 0.3) is 11.3 Å². The summed E-state index contributed by atoms with van der Waals surface area (Å²) in [4.78, 5) is 11.9. The summed E-state index contributed by atoms with van der Waals surface area (Å²) >= 11 is 0. The zero-order valence-corrected chi connectivity index (χ0v) is 13.6. The van der Waals surface area contributed by atoms with Crippen molar-refractivity contribution in [1.82, 2.24) is 10.5 Å². The predicted octanol–water partition coefficient (Wildman–Crippen LogP) is 3.20. The third kappa shape index (κ3) is 4.68. The molecule has 0 radical (unpaired) electrons. The van der Waals surface area contributed by atoms with Crippen LogP contribution in [0.3, 0.4) is 0 Å². The Hall–Kier alpha value is -3.12. The van der Waals surface area contributed by atoms with Crippen LogP contribution in [-0.4, -0.2) is 22.8 Å². The first-order valence-corrected chi connectivity index (χ1v) is 8.00. The first kappa shape index (κ1) is 16.7. The molecule has 1 heterocycles. The van der Waals surface area contributed by atoms with Crippen molar-refractivity contribution in [3.05, 3.63) is 71.8 Å². The molecule has 0 saturated heterocycles. The number of hydrogen-bond acceptors (Lipinski definition) is 4. The van der Waals surface area contributed by atoms with Crippen molar-refractivity contribution in [2.45, 2.75) is 13.0 Å². The minimum atomic E-state index is -0.333. The third-order valence-corrected chi connectivity index (χ3v) is 3.71. The van der Waals surface area contributed by atoms with Crippen LogP contribution < -0.4 is 10.6 Å². The van der Waals surface area contributed by atoms with Gasteiger partial charge in [-0.1, -0.05) is 59.8 Å². The molecule has 2 aromatic carbocycles. The van der Waals surface area contributed by atoms with Crippen molar-refractivity contribution in [1.29, 1.82) is 0 Å². The lowest BCUT2D eigenvalue weighted by Gasteiger charge is -2.06. The Morgan fingerprint density at radius 3 is 2.48 bits per heavy atom. The molecule has 0 atom stereocenters. The van der Waals surface area contributed by atoms with Gasteiger partial charge in [-0.15, -0.1) is 0 Å². The highest BCUT2D eigenvalue weighted by atomic mass is 16.5. The van der Waals surface area contributed by atoms with Gasteiger partial charge in [0.15, 0.2) is 11.6 Å². The maximum atomic E-state index is 11.9. The standard InChI is InChI=1S/C19H19N3O3/c23-13-15-8-6-14(7-9-15)10-11-20-19(24)21-18-12-17(25-22-18)16-4-2-1-3-5-16/h1-9,12,23H,10-11,13H2,(H2,20,21,22,24). The molecule has 25 heavy (non-hydrogen) atoms. The van der Waals surface area contributed by atoms with Crippen LogP contribution in [-0.2, 0) is 13.0 Å². The van der Waals surface area contributed by atoms with Gasteiger partial charge in [0.1, 0.15) is 0 Å². The Morgan fingerprint density at radius 2 is 1.76 bits per heavy atom. The van der Waals surface area contributed by atoms with Crippen LogP contribution in [0.15, 0.2) is 65.2 Å². The largest absolute Gasteiger partial charge is 0.392 e. The Kier molecular flexibility index (Phi) is 5.43. The van der Waals surface area contributed by atoms with E-state index in [1.165, 1.54) is 0 Å². The smallest absolute Gasteiger partial charge is 0.320 e. The van der Waals surface area contributed by atoms with Gasteiger partial charge < -0.3 is 14.9 Å². The van der Waals surface area contributed by atoms with E-state index < -0.39 is 0 Å². The molecular formula is C19H19N3O3. The van der Waals surface area contributed by atoms with E-state index in [2.05, 4.69) is 15.8 Å². The molecule has 3 aromatic rings. The fourth-order valence-corrected chi connectivity index (χ4v) is 2.36. The average molecular weight is 337 g/mol. The molecule has 6 heteroatoms. The van der Waals surface area contributed by atoms with Crippen molar-refractivity contribution in [3.63, 3.8) is 0 Å². The van der Waals surface area contributed by atoms with Gasteiger partial charge in [-0.3, -0.25) is 5.32 Å². The minimum absolute atomic E-state index is 0.0314. The second-order valence-electron chi connectivity index (χ2n) is 5.55. The number of benzene rings is 2. The van der Waals surface area contributed by atoms with E-state index in [0.717, 1.165) is 16.7 Å². The number of anilines is 1. The number of nitrogens with zero attached hydrogens (tertiary/aromatic N) is 1. The first-order chi connectivity index (χ1) is 12.2. The van der Waals surface area contributed by atoms with Gasteiger partial charge in [0.2, 0.25) is 0 Å². The molecule has 1 aromatic heterocycles. The van der Waals surface area contributed by atoms with E-state index in [0.29, 0.717) is 24.5 Å². The monoisotopic (exact) mass is 337 g/mol. The highest BCUT2D eigenvalue weighted by Crippen LogP contribution is 2.21. The van der Waals surface area contributed by atoms with Gasteiger partial charge in [-0.25, -0.2) is 4.79 Å². The molecule has 128 valence electrons. The number of nitrogens with one attached hydrogen (secondary N) is 2. The molecule has 0 aliphatic carbocycles. The summed E-state index contributed by atoms with van der Waals surface area (Å²) in [6, 6.07) is 18.5. The zero-order chi connectivity index (χ0) is 17.5. The van der Waals surface area contributed by atoms with Crippen LogP contribution in [0.1, 0.15) is 11.1 Å². The summed E-state index contributed by atoms with van der Waals surface area (Å²) in [5.41, 5.74) is 2.86. The number of rotatable bonds is 6. The number of urea groups is 1. The number of hydrogen-bond donors (Lipinski definition) is 3. The topological polar surface area (TPSA) is 87.4 Å². The van der Waals surface area contributed by atoms with Crippen molar-refractivity contribution in [2.75, 3.05) is 11.9 Å². The van der Waals surface area contributed by atoms with Crippen molar-refractivity contribution in [3.8, 4) is 11.3 Å². The highest BCUT2D eigenvalue weighted by molar-refractivity contribution is 5.88. The van der Waals surface area contributed by atoms with Gasteiger partial charge in [0.05, 0.1) is 6.61 Å². The molecule has 3 N–H and O–H groups in total.